The molecule has 2 atom stereocenters. The van der Waals surface area contributed by atoms with E-state index in [4.69, 9.17) is 4.74 Å². The van der Waals surface area contributed by atoms with Gasteiger partial charge in [-0.15, -0.1) is 0 Å². The highest BCUT2D eigenvalue weighted by Gasteiger charge is 2.22. The smallest absolute Gasteiger partial charge is 0.145 e. The predicted molar refractivity (Wildman–Crippen MR) is 68.3 cm³/mol. The van der Waals surface area contributed by atoms with E-state index in [0.29, 0.717) is 11.8 Å². The molecule has 0 saturated carbocycles. The van der Waals surface area contributed by atoms with Crippen LogP contribution in [-0.2, 0) is 4.79 Å². The summed E-state index contributed by atoms with van der Waals surface area (Å²) in [7, 11) is 1.68. The van der Waals surface area contributed by atoms with E-state index < -0.39 is 0 Å². The summed E-state index contributed by atoms with van der Waals surface area (Å²) in [5.41, 5.74) is 2.28. The van der Waals surface area contributed by atoms with Crippen molar-refractivity contribution < 1.29 is 9.53 Å². The maximum Gasteiger partial charge on any atom is 0.145 e. The highest BCUT2D eigenvalue weighted by molar-refractivity contribution is 5.73. The number of benzene rings is 1. The Balaban J connectivity index is 2.17. The fourth-order valence-corrected chi connectivity index (χ4v) is 2.54. The van der Waals surface area contributed by atoms with Crippen LogP contribution in [0.4, 0.5) is 0 Å². The minimum absolute atomic E-state index is 0.428. The standard InChI is InChI=1S/C15H18O2/c1-11-9-12(10-16)3-8-15(11)13-4-6-14(17-2)7-5-13/h4-7,9-11,15H,3,8H2,1-2H3. The number of carbonyl (C=O) groups is 1. The van der Waals surface area contributed by atoms with Crippen LogP contribution in [0, 0.1) is 5.92 Å². The summed E-state index contributed by atoms with van der Waals surface area (Å²) in [5.74, 6) is 1.84. The average Bonchev–Trinajstić information content (AvgIpc) is 2.39. The minimum Gasteiger partial charge on any atom is -0.497 e. The van der Waals surface area contributed by atoms with Crippen molar-refractivity contribution in [2.45, 2.75) is 25.7 Å². The zero-order valence-corrected chi connectivity index (χ0v) is 10.3. The largest absolute Gasteiger partial charge is 0.497 e. The van der Waals surface area contributed by atoms with Crippen LogP contribution >= 0.6 is 0 Å². The minimum atomic E-state index is 0.428. The molecule has 1 aliphatic carbocycles. The lowest BCUT2D eigenvalue weighted by atomic mass is 9.78. The summed E-state index contributed by atoms with van der Waals surface area (Å²) >= 11 is 0. The summed E-state index contributed by atoms with van der Waals surface area (Å²) in [5, 5.41) is 0. The molecule has 0 fully saturated rings. The summed E-state index contributed by atoms with van der Waals surface area (Å²) < 4.78 is 5.16. The Bertz CT molecular complexity index is 417. The Labute approximate surface area is 102 Å². The summed E-state index contributed by atoms with van der Waals surface area (Å²) in [4.78, 5) is 10.7. The normalized spacial score (nSPS) is 24.0. The van der Waals surface area contributed by atoms with Crippen LogP contribution in [0.2, 0.25) is 0 Å². The molecular weight excluding hydrogens is 212 g/mol. The molecule has 0 aliphatic heterocycles. The Morgan fingerprint density at radius 1 is 1.29 bits per heavy atom. The third kappa shape index (κ3) is 2.57. The van der Waals surface area contributed by atoms with E-state index in [1.54, 1.807) is 7.11 Å². The SMILES string of the molecule is COc1ccc(C2CCC(C=O)=CC2C)cc1. The molecule has 0 spiro atoms. The predicted octanol–water partition coefficient (Wildman–Crippen LogP) is 3.33. The third-order valence-corrected chi connectivity index (χ3v) is 3.55. The van der Waals surface area contributed by atoms with Gasteiger partial charge in [-0.1, -0.05) is 25.1 Å². The molecule has 0 N–H and O–H groups in total. The van der Waals surface area contributed by atoms with Crippen LogP contribution in [0.25, 0.3) is 0 Å². The van der Waals surface area contributed by atoms with E-state index >= 15 is 0 Å². The lowest BCUT2D eigenvalue weighted by Gasteiger charge is -2.26. The molecule has 1 aromatic carbocycles. The van der Waals surface area contributed by atoms with E-state index in [-0.39, 0.29) is 0 Å². The number of carbonyl (C=O) groups excluding carboxylic acids is 1. The number of rotatable bonds is 3. The van der Waals surface area contributed by atoms with Gasteiger partial charge in [0.05, 0.1) is 7.11 Å². The van der Waals surface area contributed by atoms with Crippen LogP contribution in [-0.4, -0.2) is 13.4 Å². The van der Waals surface area contributed by atoms with Crippen LogP contribution in [0.15, 0.2) is 35.9 Å². The molecule has 90 valence electrons. The molecule has 2 nitrogen and oxygen atoms in total. The second-order valence-electron chi connectivity index (χ2n) is 4.64. The molecule has 0 radical (unpaired) electrons. The fourth-order valence-electron chi connectivity index (χ4n) is 2.54. The molecular formula is C15H18O2. The van der Waals surface area contributed by atoms with Gasteiger partial charge in [0.1, 0.15) is 12.0 Å². The molecule has 17 heavy (non-hydrogen) atoms. The highest BCUT2D eigenvalue weighted by atomic mass is 16.5. The van der Waals surface area contributed by atoms with Crippen molar-refractivity contribution in [1.29, 1.82) is 0 Å². The van der Waals surface area contributed by atoms with Crippen molar-refractivity contribution in [2.75, 3.05) is 7.11 Å². The fraction of sp³-hybridized carbons (Fsp3) is 0.400. The van der Waals surface area contributed by atoms with Gasteiger partial charge in [-0.25, -0.2) is 0 Å². The van der Waals surface area contributed by atoms with E-state index in [2.05, 4.69) is 25.1 Å². The van der Waals surface area contributed by atoms with Crippen LogP contribution in [0.5, 0.6) is 5.75 Å². The molecule has 1 aliphatic rings. The first-order valence-corrected chi connectivity index (χ1v) is 6.04. The van der Waals surface area contributed by atoms with E-state index in [1.165, 1.54) is 5.56 Å². The van der Waals surface area contributed by atoms with Gasteiger partial charge in [0, 0.05) is 0 Å². The highest BCUT2D eigenvalue weighted by Crippen LogP contribution is 2.36. The summed E-state index contributed by atoms with van der Waals surface area (Å²) in [6.45, 7) is 2.18. The first-order chi connectivity index (χ1) is 8.24. The Morgan fingerprint density at radius 2 is 2.00 bits per heavy atom. The molecule has 2 heteroatoms. The Hall–Kier alpha value is -1.57. The second-order valence-corrected chi connectivity index (χ2v) is 4.64. The molecule has 1 aromatic rings. The number of hydrogen-bond acceptors (Lipinski definition) is 2. The summed E-state index contributed by atoms with van der Waals surface area (Å²) in [6, 6.07) is 8.25. The van der Waals surface area contributed by atoms with Crippen LogP contribution < -0.4 is 4.74 Å². The molecule has 0 aromatic heterocycles. The number of methoxy groups -OCH3 is 1. The lowest BCUT2D eigenvalue weighted by Crippen LogP contribution is -2.14. The van der Waals surface area contributed by atoms with Crippen LogP contribution in [0.1, 0.15) is 31.2 Å². The van der Waals surface area contributed by atoms with Crippen molar-refractivity contribution in [3.8, 4) is 5.75 Å². The first kappa shape index (κ1) is 11.9. The topological polar surface area (TPSA) is 26.3 Å². The van der Waals surface area contributed by atoms with Crippen molar-refractivity contribution >= 4 is 6.29 Å². The van der Waals surface area contributed by atoms with Gasteiger partial charge in [0.2, 0.25) is 0 Å². The molecule has 0 heterocycles. The van der Waals surface area contributed by atoms with Gasteiger partial charge in [-0.05, 0) is 47.9 Å². The monoisotopic (exact) mass is 230 g/mol. The van der Waals surface area contributed by atoms with Crippen LogP contribution in [0.3, 0.4) is 0 Å². The van der Waals surface area contributed by atoms with E-state index in [0.717, 1.165) is 30.5 Å². The van der Waals surface area contributed by atoms with Crippen molar-refractivity contribution in [2.24, 2.45) is 5.92 Å². The van der Waals surface area contributed by atoms with Crippen molar-refractivity contribution in [1.82, 2.24) is 0 Å². The van der Waals surface area contributed by atoms with Gasteiger partial charge in [0.15, 0.2) is 0 Å². The maximum absolute atomic E-state index is 10.7. The summed E-state index contributed by atoms with van der Waals surface area (Å²) in [6.07, 6.45) is 5.04. The lowest BCUT2D eigenvalue weighted by molar-refractivity contribution is -0.105. The van der Waals surface area contributed by atoms with Crippen molar-refractivity contribution in [3.05, 3.63) is 41.5 Å². The third-order valence-electron chi connectivity index (χ3n) is 3.55. The van der Waals surface area contributed by atoms with Gasteiger partial charge >= 0.3 is 0 Å². The second kappa shape index (κ2) is 5.17. The van der Waals surface area contributed by atoms with Crippen molar-refractivity contribution in [3.63, 3.8) is 0 Å². The molecule has 0 amide bonds. The Kier molecular flexibility index (Phi) is 3.62. The molecule has 0 bridgehead atoms. The quantitative estimate of drug-likeness (QED) is 0.744. The molecule has 2 unspecified atom stereocenters. The maximum atomic E-state index is 10.7. The number of aldehydes is 1. The van der Waals surface area contributed by atoms with E-state index in [1.807, 2.05) is 12.1 Å². The molecule has 2 rings (SSSR count). The average molecular weight is 230 g/mol. The zero-order chi connectivity index (χ0) is 12.3. The Morgan fingerprint density at radius 3 is 2.53 bits per heavy atom. The number of hydrogen-bond donors (Lipinski definition) is 0. The van der Waals surface area contributed by atoms with Gasteiger partial charge in [0.25, 0.3) is 0 Å². The zero-order valence-electron chi connectivity index (χ0n) is 10.3. The van der Waals surface area contributed by atoms with Gasteiger partial charge < -0.3 is 4.74 Å². The van der Waals surface area contributed by atoms with Gasteiger partial charge in [-0.3, -0.25) is 4.79 Å². The number of allylic oxidation sites excluding steroid dienone is 2. The van der Waals surface area contributed by atoms with Gasteiger partial charge in [-0.2, -0.15) is 0 Å². The molecule has 0 saturated heterocycles. The van der Waals surface area contributed by atoms with E-state index in [9.17, 15) is 4.79 Å². The first-order valence-electron chi connectivity index (χ1n) is 6.04. The number of ether oxygens (including phenoxy) is 1.